The molecular formula is C18H22BNO2. The van der Waals surface area contributed by atoms with E-state index in [2.05, 4.69) is 6.92 Å². The van der Waals surface area contributed by atoms with Crippen molar-refractivity contribution >= 4 is 24.9 Å². The fourth-order valence-electron chi connectivity index (χ4n) is 3.48. The van der Waals surface area contributed by atoms with Gasteiger partial charge >= 0.3 is 0 Å². The molecule has 2 fully saturated rings. The minimum absolute atomic E-state index is 0.238. The number of anilines is 1. The Balaban J connectivity index is 1.71. The average molecular weight is 295 g/mol. The van der Waals surface area contributed by atoms with Crippen LogP contribution in [0.1, 0.15) is 51.0 Å². The monoisotopic (exact) mass is 295 g/mol. The maximum absolute atomic E-state index is 12.7. The second kappa shape index (κ2) is 5.33. The molecule has 114 valence electrons. The first-order chi connectivity index (χ1) is 10.6. The van der Waals surface area contributed by atoms with E-state index in [1.807, 2.05) is 17.0 Å². The first kappa shape index (κ1) is 14.2. The normalized spacial score (nSPS) is 24.6. The van der Waals surface area contributed by atoms with Gasteiger partial charge in [0.15, 0.2) is 0 Å². The van der Waals surface area contributed by atoms with E-state index < -0.39 is 0 Å². The quantitative estimate of drug-likeness (QED) is 0.802. The molecule has 1 amide bonds. The molecule has 4 heteroatoms. The van der Waals surface area contributed by atoms with Crippen molar-refractivity contribution < 1.29 is 9.53 Å². The first-order valence-electron chi connectivity index (χ1n) is 8.56. The molecule has 0 spiro atoms. The Bertz CT molecular complexity index is 607. The predicted molar refractivity (Wildman–Crippen MR) is 88.1 cm³/mol. The van der Waals surface area contributed by atoms with Gasteiger partial charge in [0.05, 0.1) is 11.8 Å². The molecular weight excluding hydrogens is 273 g/mol. The first-order valence-corrected chi connectivity index (χ1v) is 8.56. The Morgan fingerprint density at radius 1 is 1.23 bits per heavy atom. The highest BCUT2D eigenvalue weighted by Crippen LogP contribution is 2.41. The molecule has 2 radical (unpaired) electrons. The minimum Gasteiger partial charge on any atom is -0.491 e. The van der Waals surface area contributed by atoms with E-state index in [9.17, 15) is 4.79 Å². The smallest absolute Gasteiger partial charge is 0.230 e. The molecule has 1 atom stereocenters. The second-order valence-corrected chi connectivity index (χ2v) is 7.02. The number of hydrogen-bond donors (Lipinski definition) is 0. The van der Waals surface area contributed by atoms with E-state index in [4.69, 9.17) is 12.6 Å². The number of rotatable bonds is 3. The van der Waals surface area contributed by atoms with Crippen molar-refractivity contribution in [3.8, 4) is 5.75 Å². The number of ether oxygens (including phenoxy) is 1. The second-order valence-electron chi connectivity index (χ2n) is 7.02. The molecule has 2 saturated carbocycles. The molecule has 1 heterocycles. The fraction of sp³-hybridized carbons (Fsp3) is 0.611. The molecule has 0 aromatic heterocycles. The van der Waals surface area contributed by atoms with Crippen molar-refractivity contribution in [1.82, 2.24) is 0 Å². The highest BCUT2D eigenvalue weighted by Gasteiger charge is 2.39. The van der Waals surface area contributed by atoms with Crippen LogP contribution in [0, 0.1) is 5.92 Å². The third-order valence-corrected chi connectivity index (χ3v) is 5.28. The summed E-state index contributed by atoms with van der Waals surface area (Å²) >= 11 is 0. The fourth-order valence-corrected chi connectivity index (χ4v) is 3.48. The zero-order valence-electron chi connectivity index (χ0n) is 13.2. The summed E-state index contributed by atoms with van der Waals surface area (Å²) in [6, 6.07) is 4.17. The summed E-state index contributed by atoms with van der Waals surface area (Å²) in [7, 11) is 6.17. The van der Waals surface area contributed by atoms with Crippen molar-refractivity contribution in [3.63, 3.8) is 0 Å². The summed E-state index contributed by atoms with van der Waals surface area (Å²) in [4.78, 5) is 14.7. The summed E-state index contributed by atoms with van der Waals surface area (Å²) < 4.78 is 6.16. The van der Waals surface area contributed by atoms with Gasteiger partial charge < -0.3 is 9.64 Å². The molecule has 0 bridgehead atoms. The van der Waals surface area contributed by atoms with Crippen molar-refractivity contribution in [1.29, 1.82) is 0 Å². The summed E-state index contributed by atoms with van der Waals surface area (Å²) in [5.74, 6) is 1.36. The SMILES string of the molecule is [B]c1ccc2c(c1OC1CCC1)CC[C@H](C)N2C(=O)C1CC1. The number of carbonyl (C=O) groups is 1. The van der Waals surface area contributed by atoms with Crippen LogP contribution >= 0.6 is 0 Å². The standard InChI is InChI=1S/C18H22BNO2/c1-11-5-8-14-16(20(11)18(21)12-6-7-12)10-9-15(19)17(14)22-13-3-2-4-13/h9-13H,2-8H2,1H3/t11-/m0/s1. The molecule has 0 saturated heterocycles. The van der Waals surface area contributed by atoms with Crippen LogP contribution in [0.2, 0.25) is 0 Å². The largest absolute Gasteiger partial charge is 0.491 e. The minimum atomic E-state index is 0.238. The molecule has 0 unspecified atom stereocenters. The Morgan fingerprint density at radius 3 is 2.64 bits per heavy atom. The van der Waals surface area contributed by atoms with E-state index in [1.54, 1.807) is 0 Å². The van der Waals surface area contributed by atoms with Crippen LogP contribution in [-0.4, -0.2) is 25.9 Å². The Kier molecular flexibility index (Phi) is 3.43. The average Bonchev–Trinajstić information content (AvgIpc) is 3.28. The van der Waals surface area contributed by atoms with Crippen LogP contribution in [0.15, 0.2) is 12.1 Å². The van der Waals surface area contributed by atoms with Crippen LogP contribution in [0.3, 0.4) is 0 Å². The number of benzene rings is 1. The summed E-state index contributed by atoms with van der Waals surface area (Å²) in [6.45, 7) is 2.14. The Hall–Kier alpha value is -1.45. The van der Waals surface area contributed by atoms with E-state index >= 15 is 0 Å². The zero-order valence-corrected chi connectivity index (χ0v) is 13.2. The molecule has 2 aliphatic carbocycles. The van der Waals surface area contributed by atoms with Gasteiger partial charge in [-0.05, 0) is 57.9 Å². The molecule has 0 N–H and O–H groups in total. The van der Waals surface area contributed by atoms with Gasteiger partial charge in [-0.2, -0.15) is 0 Å². The van der Waals surface area contributed by atoms with E-state index in [1.165, 1.54) is 6.42 Å². The highest BCUT2D eigenvalue weighted by atomic mass is 16.5. The maximum atomic E-state index is 12.7. The van der Waals surface area contributed by atoms with Crippen molar-refractivity contribution in [2.45, 2.75) is 64.0 Å². The lowest BCUT2D eigenvalue weighted by atomic mass is 9.86. The lowest BCUT2D eigenvalue weighted by Gasteiger charge is -2.38. The molecule has 4 rings (SSSR count). The zero-order chi connectivity index (χ0) is 15.3. The van der Waals surface area contributed by atoms with Crippen molar-refractivity contribution in [3.05, 3.63) is 17.7 Å². The van der Waals surface area contributed by atoms with Crippen LogP contribution < -0.4 is 15.1 Å². The van der Waals surface area contributed by atoms with Crippen LogP contribution in [0.5, 0.6) is 5.75 Å². The molecule has 1 aromatic carbocycles. The van der Waals surface area contributed by atoms with E-state index in [0.717, 1.165) is 55.5 Å². The maximum Gasteiger partial charge on any atom is 0.230 e. The van der Waals surface area contributed by atoms with Gasteiger partial charge in [0.1, 0.15) is 13.6 Å². The van der Waals surface area contributed by atoms with Gasteiger partial charge in [0.25, 0.3) is 0 Å². The van der Waals surface area contributed by atoms with Gasteiger partial charge in [-0.25, -0.2) is 0 Å². The molecule has 3 nitrogen and oxygen atoms in total. The van der Waals surface area contributed by atoms with E-state index in [0.29, 0.717) is 11.6 Å². The van der Waals surface area contributed by atoms with Crippen molar-refractivity contribution in [2.24, 2.45) is 5.92 Å². The predicted octanol–water partition coefficient (Wildman–Crippen LogP) is 2.49. The van der Waals surface area contributed by atoms with Gasteiger partial charge in [0.2, 0.25) is 5.91 Å². The van der Waals surface area contributed by atoms with Crippen molar-refractivity contribution in [2.75, 3.05) is 4.90 Å². The lowest BCUT2D eigenvalue weighted by Crippen LogP contribution is -2.43. The topological polar surface area (TPSA) is 29.5 Å². The van der Waals surface area contributed by atoms with Crippen LogP contribution in [0.4, 0.5) is 5.69 Å². The van der Waals surface area contributed by atoms with Gasteiger partial charge in [-0.15, -0.1) is 0 Å². The van der Waals surface area contributed by atoms with E-state index in [-0.39, 0.29) is 17.9 Å². The molecule has 1 aromatic rings. The molecule has 22 heavy (non-hydrogen) atoms. The molecule has 1 aliphatic heterocycles. The third kappa shape index (κ3) is 2.33. The van der Waals surface area contributed by atoms with Crippen LogP contribution in [-0.2, 0) is 11.2 Å². The number of hydrogen-bond acceptors (Lipinski definition) is 2. The number of nitrogens with zero attached hydrogens (tertiary/aromatic N) is 1. The van der Waals surface area contributed by atoms with Gasteiger partial charge in [-0.3, -0.25) is 4.79 Å². The summed E-state index contributed by atoms with van der Waals surface area (Å²) in [5, 5.41) is 0. The summed E-state index contributed by atoms with van der Waals surface area (Å²) in [5.41, 5.74) is 2.87. The van der Waals surface area contributed by atoms with Gasteiger partial charge in [-0.1, -0.05) is 11.5 Å². The number of fused-ring (bicyclic) bond motifs is 1. The lowest BCUT2D eigenvalue weighted by molar-refractivity contribution is -0.120. The number of amides is 1. The molecule has 3 aliphatic rings. The van der Waals surface area contributed by atoms with Gasteiger partial charge in [0, 0.05) is 17.5 Å². The van der Waals surface area contributed by atoms with Crippen LogP contribution in [0.25, 0.3) is 0 Å². The summed E-state index contributed by atoms with van der Waals surface area (Å²) in [6.07, 6.45) is 7.78. The third-order valence-electron chi connectivity index (χ3n) is 5.28. The highest BCUT2D eigenvalue weighted by molar-refractivity contribution is 6.34. The number of carbonyl (C=O) groups excluding carboxylic acids is 1. The Morgan fingerprint density at radius 2 is 2.00 bits per heavy atom. The Labute approximate surface area is 133 Å².